The first-order valence-corrected chi connectivity index (χ1v) is 39.3. The Morgan fingerprint density at radius 1 is 0.574 bits per heavy atom. The van der Waals surface area contributed by atoms with E-state index in [1.54, 1.807) is 29.7 Å². The maximum atomic E-state index is 14.0. The highest BCUT2D eigenvalue weighted by Crippen LogP contribution is 2.56. The summed E-state index contributed by atoms with van der Waals surface area (Å²) in [5, 5.41) is 126. The van der Waals surface area contributed by atoms with Gasteiger partial charge in [0.05, 0.1) is 95.1 Å². The largest absolute Gasteiger partial charge is 0.507 e. The summed E-state index contributed by atoms with van der Waals surface area (Å²) in [7, 11) is 2.62. The number of fused-ring (bicyclic) bond motifs is 6. The first-order chi connectivity index (χ1) is 54.6. The molecule has 0 spiro atoms. The van der Waals surface area contributed by atoms with E-state index >= 15 is 0 Å². The van der Waals surface area contributed by atoms with Gasteiger partial charge in [0.15, 0.2) is 35.7 Å². The van der Waals surface area contributed by atoms with Gasteiger partial charge in [0, 0.05) is 121 Å². The fourth-order valence-corrected chi connectivity index (χ4v) is 18.9. The molecule has 32 nitrogen and oxygen atoms in total. The van der Waals surface area contributed by atoms with Gasteiger partial charge in [-0.3, -0.25) is 52.7 Å². The SMILES string of the molecule is C=C1C(SCC(=O)O)CC(=O)N1CC1CCC(C(=O)NC2CC(O[C@H]3C[C@](O)(C(=O)CO)Cc4c(O)c5c(c(O)c43)C(=O)c3c(OC)cccc3C5=O)OC(C)C2O)CC1.C=C1C=CC(=O)N1CC1CCC(C(=O)NC2CC(O[C@H]3C[C@](O)(C(=O)CO)Cc4c(O)c5c(c(O)c43)C(=O)c3c(OC)cccc3C5=O)OC(C)C2O)CC1. The number of aliphatic hydroxyl groups excluding tert-OH is 4. The van der Waals surface area contributed by atoms with Crippen molar-refractivity contribution < 1.29 is 137 Å². The number of aliphatic hydroxyl groups is 6. The van der Waals surface area contributed by atoms with Crippen molar-refractivity contribution in [3.8, 4) is 34.5 Å². The van der Waals surface area contributed by atoms with Crippen LogP contribution >= 0.6 is 11.8 Å². The number of likely N-dealkylation sites (tertiary alicyclic amines) is 1. The lowest BCUT2D eigenvalue weighted by Crippen LogP contribution is -2.56. The fourth-order valence-electron chi connectivity index (χ4n) is 18.0. The van der Waals surface area contributed by atoms with Crippen LogP contribution < -0.4 is 20.1 Å². The maximum Gasteiger partial charge on any atom is 0.313 e. The molecular weight excluding hydrogens is 1520 g/mol. The van der Waals surface area contributed by atoms with E-state index < -0.39 is 203 Å². The number of thioether (sulfide) groups is 1. The quantitative estimate of drug-likeness (QED) is 0.0456. The van der Waals surface area contributed by atoms with E-state index in [1.807, 2.05) is 0 Å². The molecule has 2 saturated carbocycles. The number of rotatable bonds is 21. The van der Waals surface area contributed by atoms with Gasteiger partial charge in [-0.15, -0.1) is 11.8 Å². The molecule has 115 heavy (non-hydrogen) atoms. The van der Waals surface area contributed by atoms with Crippen molar-refractivity contribution in [2.45, 2.75) is 188 Å². The van der Waals surface area contributed by atoms with E-state index in [0.29, 0.717) is 63.0 Å². The van der Waals surface area contributed by atoms with Crippen LogP contribution in [0.15, 0.2) is 73.1 Å². The summed E-state index contributed by atoms with van der Waals surface area (Å²) in [5.74, 6) is -10.4. The number of aliphatic carboxylic acids is 1. The summed E-state index contributed by atoms with van der Waals surface area (Å²) in [4.78, 5) is 148. The third-order valence-corrected chi connectivity index (χ3v) is 25.6. The van der Waals surface area contributed by atoms with E-state index in [2.05, 4.69) is 23.8 Å². The van der Waals surface area contributed by atoms with Crippen LogP contribution in [0.1, 0.15) is 195 Å². The molecule has 13 N–H and O–H groups in total. The Bertz CT molecular complexity index is 4730. The number of nitrogens with zero attached hydrogens (tertiary/aromatic N) is 2. The summed E-state index contributed by atoms with van der Waals surface area (Å²) in [5.41, 5.74) is -6.78. The Morgan fingerprint density at radius 3 is 1.37 bits per heavy atom. The zero-order valence-electron chi connectivity index (χ0n) is 63.5. The minimum atomic E-state index is -2.35. The second-order valence-corrected chi connectivity index (χ2v) is 32.5. The van der Waals surface area contributed by atoms with Crippen LogP contribution in [0, 0.1) is 23.7 Å². The van der Waals surface area contributed by atoms with Crippen molar-refractivity contribution in [3.63, 3.8) is 0 Å². The first-order valence-electron chi connectivity index (χ1n) is 38.2. The summed E-state index contributed by atoms with van der Waals surface area (Å²) < 4.78 is 35.2. The Morgan fingerprint density at radius 2 is 0.983 bits per heavy atom. The Kier molecular flexibility index (Phi) is 23.9. The van der Waals surface area contributed by atoms with Crippen molar-refractivity contribution >= 4 is 76.1 Å². The number of hydrogen-bond donors (Lipinski definition) is 13. The molecule has 5 fully saturated rings. The predicted octanol–water partition coefficient (Wildman–Crippen LogP) is 3.77. The number of hydrogen-bond acceptors (Lipinski definition) is 28. The molecule has 13 atom stereocenters. The number of allylic oxidation sites excluding steroid dienone is 1. The number of aromatic hydroxyl groups is 4. The average Bonchev–Trinajstić information content (AvgIpc) is 1.16. The second-order valence-electron chi connectivity index (χ2n) is 31.3. The third kappa shape index (κ3) is 15.6. The van der Waals surface area contributed by atoms with Crippen LogP contribution in [0.4, 0.5) is 0 Å². The van der Waals surface area contributed by atoms with Gasteiger partial charge >= 0.3 is 5.97 Å². The molecule has 614 valence electrons. The molecule has 0 radical (unpaired) electrons. The number of carboxylic acid groups (broad SMARTS) is 1. The van der Waals surface area contributed by atoms with Crippen molar-refractivity contribution in [2.75, 3.05) is 46.3 Å². The molecule has 6 aliphatic carbocycles. The van der Waals surface area contributed by atoms with Gasteiger partial charge in [-0.05, 0) is 95.3 Å². The number of ketones is 6. The summed E-state index contributed by atoms with van der Waals surface area (Å²) in [6.45, 7) is 9.88. The standard InChI is InChI=1S/C42H48N2O15S.C40H44N2O13/c1-18-27(60-17-30(48)49)12-29(47)44(18)15-20-7-9-21(10-8-20)41(55)43-24-11-31(58-19(2)36(24)50)59-26-14-42(56,28(46)16-45)13-23-33(26)40(54)35-34(38(23)52)37(51)22-5-4-6-25(57-3)32(22)39(35)53;1-18-7-12-28(45)42(18)16-20-8-10-21(11-9-20)39(51)41-24-13-29(54-19(2)34(24)46)55-26-15-40(52,27(44)17-43)14-23-31(26)38(50)33-32(36(23)48)35(47)22-5-4-6-25(53-3)30(22)37(33)49/h4-6,19-21,24,26-27,31,36,45,50,52,54,56H,1,7-17H2,2-3H3,(H,43,55)(H,48,49);4-7,12,19-21,24,26,29,34,43,46,48,50,52H,1,8-11,13-17H2,2-3H3,(H,41,51)/t19?,20?,21?,24?,26-,27?,31?,36?,42-;19?,20?,21?,24?,26-,29?,34?,40-/m00/s1. The minimum Gasteiger partial charge on any atom is -0.507 e. The van der Waals surface area contributed by atoms with Crippen molar-refractivity contribution in [3.05, 3.63) is 140 Å². The number of carbonyl (C=O) groups is 11. The summed E-state index contributed by atoms with van der Waals surface area (Å²) >= 11 is 1.17. The number of benzene rings is 4. The average molecular weight is 1610 g/mol. The van der Waals surface area contributed by atoms with Crippen molar-refractivity contribution in [1.29, 1.82) is 0 Å². The molecule has 33 heteroatoms. The van der Waals surface area contributed by atoms with Gasteiger partial charge in [0.1, 0.15) is 71.1 Å². The normalized spacial score (nSPS) is 30.1. The summed E-state index contributed by atoms with van der Waals surface area (Å²) in [6.07, 6.45) is -3.85. The van der Waals surface area contributed by atoms with E-state index in [-0.39, 0.29) is 128 Å². The molecule has 0 aromatic heterocycles. The van der Waals surface area contributed by atoms with Crippen LogP contribution in [0.25, 0.3) is 0 Å². The number of nitrogens with one attached hydrogen (secondary N) is 2. The molecule has 10 aliphatic rings. The van der Waals surface area contributed by atoms with E-state index in [4.69, 9.17) is 33.5 Å². The fraction of sp³-hybridized carbons (Fsp3) is 0.500. The molecule has 3 saturated heterocycles. The molecule has 4 aromatic rings. The van der Waals surface area contributed by atoms with Crippen LogP contribution in [0.2, 0.25) is 0 Å². The van der Waals surface area contributed by atoms with Crippen LogP contribution in [0.5, 0.6) is 34.5 Å². The molecule has 4 amide bonds. The highest BCUT2D eigenvalue weighted by Gasteiger charge is 2.54. The van der Waals surface area contributed by atoms with Gasteiger partial charge in [-0.2, -0.15) is 0 Å². The van der Waals surface area contributed by atoms with E-state index in [1.165, 1.54) is 68.5 Å². The number of phenolic OH excluding ortho intramolecular Hbond substituents is 4. The number of phenols is 4. The lowest BCUT2D eigenvalue weighted by atomic mass is 9.72. The van der Waals surface area contributed by atoms with Gasteiger partial charge < -0.3 is 105 Å². The maximum absolute atomic E-state index is 14.0. The number of Topliss-reactive ketones (excluding diaryl/α,β-unsaturated/α-hetero) is 2. The van der Waals surface area contributed by atoms with Gasteiger partial charge in [-0.25, -0.2) is 0 Å². The van der Waals surface area contributed by atoms with Crippen LogP contribution in [0.3, 0.4) is 0 Å². The van der Waals surface area contributed by atoms with E-state index in [9.17, 15) is 104 Å². The van der Waals surface area contributed by atoms with Gasteiger partial charge in [0.2, 0.25) is 29.3 Å². The monoisotopic (exact) mass is 1610 g/mol. The molecule has 9 unspecified atom stereocenters. The van der Waals surface area contributed by atoms with Gasteiger partial charge in [-0.1, -0.05) is 37.4 Å². The number of ether oxygens (including phenoxy) is 6. The molecule has 4 heterocycles. The highest BCUT2D eigenvalue weighted by molar-refractivity contribution is 8.00. The molecule has 14 rings (SSSR count). The van der Waals surface area contributed by atoms with Crippen LogP contribution in [-0.2, 0) is 65.4 Å². The smallest absolute Gasteiger partial charge is 0.313 e. The summed E-state index contributed by atoms with van der Waals surface area (Å²) in [6, 6.07) is 6.89. The second kappa shape index (κ2) is 33.1. The topological polar surface area (TPSA) is 496 Å². The number of carboxylic acids is 1. The van der Waals surface area contributed by atoms with Crippen molar-refractivity contribution in [1.82, 2.24) is 20.4 Å². The number of methoxy groups -OCH3 is 2. The molecular formula is C82H92N4O28S. The van der Waals surface area contributed by atoms with Crippen LogP contribution in [-0.4, -0.2) is 242 Å². The first kappa shape index (κ1) is 83.2. The lowest BCUT2D eigenvalue weighted by molar-refractivity contribution is -0.249. The Balaban J connectivity index is 0.000000201. The number of carbonyl (C=O) groups excluding carboxylic acids is 10. The third-order valence-electron chi connectivity index (χ3n) is 24.3. The molecule has 4 aliphatic heterocycles. The molecule has 0 bridgehead atoms. The van der Waals surface area contributed by atoms with Crippen molar-refractivity contribution in [2.24, 2.45) is 23.7 Å². The van der Waals surface area contributed by atoms with Gasteiger partial charge in [0.25, 0.3) is 5.91 Å². The predicted molar refractivity (Wildman–Crippen MR) is 402 cm³/mol. The number of amides is 4. The molecule has 4 aromatic carbocycles. The zero-order valence-corrected chi connectivity index (χ0v) is 64.3. The Hall–Kier alpha value is -9.78. The zero-order chi connectivity index (χ0) is 82.9. The minimum absolute atomic E-state index is 0.0571. The lowest BCUT2D eigenvalue weighted by Gasteiger charge is -2.43. The van der Waals surface area contributed by atoms with E-state index in [0.717, 1.165) is 12.8 Å². The Labute approximate surface area is 663 Å². The highest BCUT2D eigenvalue weighted by atomic mass is 32.2.